The molecule has 0 unspecified atom stereocenters. The van der Waals surface area contributed by atoms with Crippen LogP contribution in [0, 0.1) is 0 Å². The molecule has 0 aliphatic carbocycles. The van der Waals surface area contributed by atoms with E-state index in [1.165, 1.54) is 12.5 Å². The maximum Gasteiger partial charge on any atom is 0.271 e. The van der Waals surface area contributed by atoms with Crippen molar-refractivity contribution in [3.63, 3.8) is 0 Å². The van der Waals surface area contributed by atoms with Crippen LogP contribution in [0.3, 0.4) is 0 Å². The minimum absolute atomic E-state index is 0.270. The molecule has 0 saturated carbocycles. The number of aromatic nitrogens is 3. The standard InChI is InChI=1S/C7H5N4O/c8-6(12)4-1-5-7(9-2-4)11-3-10-5/h1-3,8H,(H,9,10,11). The number of nitrogens with one attached hydrogen (secondary N) is 2. The fraction of sp³-hybridized carbons (Fsp3) is 0. The van der Waals surface area contributed by atoms with Crippen LogP contribution < -0.4 is 5.73 Å². The number of carbonyl (C=O) groups excluding carboxylic acids is 1. The van der Waals surface area contributed by atoms with Crippen LogP contribution in [0.15, 0.2) is 18.6 Å². The normalized spacial score (nSPS) is 10.3. The van der Waals surface area contributed by atoms with E-state index in [1.54, 1.807) is 6.07 Å². The number of hydrogen-bond acceptors (Lipinski definition) is 3. The van der Waals surface area contributed by atoms with E-state index in [4.69, 9.17) is 5.73 Å². The van der Waals surface area contributed by atoms with E-state index in [-0.39, 0.29) is 5.56 Å². The van der Waals surface area contributed by atoms with Gasteiger partial charge in [0.1, 0.15) is 0 Å². The molecule has 0 fully saturated rings. The highest BCUT2D eigenvalue weighted by Gasteiger charge is 2.03. The number of imidazole rings is 1. The molecule has 0 aromatic carbocycles. The first kappa shape index (κ1) is 6.78. The van der Waals surface area contributed by atoms with Crippen molar-refractivity contribution >= 4 is 17.1 Å². The first-order chi connectivity index (χ1) is 5.77. The van der Waals surface area contributed by atoms with Crippen LogP contribution in [0.4, 0.5) is 0 Å². The number of aromatic amines is 1. The van der Waals surface area contributed by atoms with Crippen LogP contribution in [0.25, 0.3) is 11.2 Å². The average molecular weight is 161 g/mol. The Hall–Kier alpha value is -1.91. The molecule has 1 amide bonds. The zero-order valence-electron chi connectivity index (χ0n) is 6.03. The van der Waals surface area contributed by atoms with Crippen molar-refractivity contribution in [1.29, 1.82) is 0 Å². The Kier molecular flexibility index (Phi) is 1.30. The molecular weight excluding hydrogens is 156 g/mol. The summed E-state index contributed by atoms with van der Waals surface area (Å²) in [7, 11) is 0. The van der Waals surface area contributed by atoms with Crippen molar-refractivity contribution < 1.29 is 4.79 Å². The van der Waals surface area contributed by atoms with E-state index in [2.05, 4.69) is 15.0 Å². The number of fused-ring (bicyclic) bond motifs is 1. The maximum atomic E-state index is 10.6. The monoisotopic (exact) mass is 161 g/mol. The summed E-state index contributed by atoms with van der Waals surface area (Å²) in [5, 5.41) is 0. The molecule has 2 aromatic rings. The van der Waals surface area contributed by atoms with Crippen LogP contribution in [-0.2, 0) is 0 Å². The maximum absolute atomic E-state index is 10.6. The van der Waals surface area contributed by atoms with Gasteiger partial charge < -0.3 is 4.98 Å². The topological polar surface area (TPSA) is 82.4 Å². The molecule has 0 spiro atoms. The second-order valence-corrected chi connectivity index (χ2v) is 2.33. The molecule has 5 heteroatoms. The van der Waals surface area contributed by atoms with Gasteiger partial charge in [-0.3, -0.25) is 10.5 Å². The molecule has 2 N–H and O–H groups in total. The molecule has 2 heterocycles. The lowest BCUT2D eigenvalue weighted by Crippen LogP contribution is -1.99. The number of nitrogens with zero attached hydrogens (tertiary/aromatic N) is 2. The number of pyridine rings is 1. The third kappa shape index (κ3) is 0.914. The van der Waals surface area contributed by atoms with Crippen molar-refractivity contribution in [2.24, 2.45) is 0 Å². The SMILES string of the molecule is [NH]C(=O)c1cnc2nc[nH]c2c1. The summed E-state index contributed by atoms with van der Waals surface area (Å²) in [5.41, 5.74) is 8.33. The number of hydrogen-bond donors (Lipinski definition) is 1. The van der Waals surface area contributed by atoms with E-state index >= 15 is 0 Å². The van der Waals surface area contributed by atoms with Crippen LogP contribution in [-0.4, -0.2) is 20.9 Å². The third-order valence-corrected chi connectivity index (χ3v) is 1.54. The Balaban J connectivity index is 2.68. The van der Waals surface area contributed by atoms with Gasteiger partial charge in [0.15, 0.2) is 5.65 Å². The van der Waals surface area contributed by atoms with Gasteiger partial charge in [-0.25, -0.2) is 9.97 Å². The lowest BCUT2D eigenvalue weighted by atomic mass is 10.2. The van der Waals surface area contributed by atoms with Gasteiger partial charge in [-0.2, -0.15) is 0 Å². The van der Waals surface area contributed by atoms with E-state index < -0.39 is 5.91 Å². The summed E-state index contributed by atoms with van der Waals surface area (Å²) in [6.45, 7) is 0. The van der Waals surface area contributed by atoms with Crippen LogP contribution in [0.1, 0.15) is 10.4 Å². The highest BCUT2D eigenvalue weighted by molar-refractivity contribution is 5.94. The fourth-order valence-electron chi connectivity index (χ4n) is 0.954. The second kappa shape index (κ2) is 2.30. The molecular formula is C7H5N4O. The van der Waals surface area contributed by atoms with E-state index in [9.17, 15) is 4.79 Å². The highest BCUT2D eigenvalue weighted by Crippen LogP contribution is 2.07. The summed E-state index contributed by atoms with van der Waals surface area (Å²) in [5.74, 6) is -0.737. The number of carbonyl (C=O) groups is 1. The van der Waals surface area contributed by atoms with Crippen LogP contribution in [0.5, 0.6) is 0 Å². The van der Waals surface area contributed by atoms with Crippen molar-refractivity contribution in [3.05, 3.63) is 24.2 Å². The van der Waals surface area contributed by atoms with Gasteiger partial charge >= 0.3 is 0 Å². The Morgan fingerprint density at radius 2 is 2.33 bits per heavy atom. The van der Waals surface area contributed by atoms with E-state index in [0.29, 0.717) is 11.2 Å². The van der Waals surface area contributed by atoms with Gasteiger partial charge in [-0.15, -0.1) is 0 Å². The molecule has 59 valence electrons. The van der Waals surface area contributed by atoms with E-state index in [1.807, 2.05) is 0 Å². The summed E-state index contributed by atoms with van der Waals surface area (Å²) >= 11 is 0. The van der Waals surface area contributed by atoms with Gasteiger partial charge in [-0.1, -0.05) is 0 Å². The predicted octanol–water partition coefficient (Wildman–Crippen LogP) is 0.381. The Morgan fingerprint density at radius 1 is 1.50 bits per heavy atom. The van der Waals surface area contributed by atoms with Crippen LogP contribution in [0.2, 0.25) is 0 Å². The summed E-state index contributed by atoms with van der Waals surface area (Å²) < 4.78 is 0. The lowest BCUT2D eigenvalue weighted by molar-refractivity contribution is 0.0992. The molecule has 5 nitrogen and oxygen atoms in total. The lowest BCUT2D eigenvalue weighted by Gasteiger charge is -1.91. The average Bonchev–Trinajstić information content (AvgIpc) is 2.49. The first-order valence-electron chi connectivity index (χ1n) is 3.32. The van der Waals surface area contributed by atoms with Gasteiger partial charge in [0.25, 0.3) is 5.91 Å². The number of H-pyrrole nitrogens is 1. The van der Waals surface area contributed by atoms with Crippen molar-refractivity contribution in [2.45, 2.75) is 0 Å². The summed E-state index contributed by atoms with van der Waals surface area (Å²) in [6, 6.07) is 1.56. The van der Waals surface area contributed by atoms with Crippen molar-refractivity contribution in [2.75, 3.05) is 0 Å². The van der Waals surface area contributed by atoms with Crippen LogP contribution >= 0.6 is 0 Å². The minimum Gasteiger partial charge on any atom is -0.343 e. The van der Waals surface area contributed by atoms with Crippen molar-refractivity contribution in [3.8, 4) is 0 Å². The highest BCUT2D eigenvalue weighted by atomic mass is 16.1. The summed E-state index contributed by atoms with van der Waals surface area (Å²) in [6.07, 6.45) is 2.84. The number of rotatable bonds is 1. The molecule has 2 aromatic heterocycles. The second-order valence-electron chi connectivity index (χ2n) is 2.33. The molecule has 12 heavy (non-hydrogen) atoms. The van der Waals surface area contributed by atoms with E-state index in [0.717, 1.165) is 0 Å². The molecule has 0 aliphatic rings. The molecule has 0 bridgehead atoms. The van der Waals surface area contributed by atoms with Gasteiger partial charge in [-0.05, 0) is 6.07 Å². The largest absolute Gasteiger partial charge is 0.343 e. The molecule has 1 radical (unpaired) electrons. The van der Waals surface area contributed by atoms with Gasteiger partial charge in [0.2, 0.25) is 0 Å². The number of amides is 1. The smallest absolute Gasteiger partial charge is 0.271 e. The molecule has 0 saturated heterocycles. The summed E-state index contributed by atoms with van der Waals surface area (Å²) in [4.78, 5) is 21.2. The van der Waals surface area contributed by atoms with Gasteiger partial charge in [0, 0.05) is 6.20 Å². The quantitative estimate of drug-likeness (QED) is 0.656. The third-order valence-electron chi connectivity index (χ3n) is 1.54. The molecule has 0 atom stereocenters. The zero-order chi connectivity index (χ0) is 8.55. The van der Waals surface area contributed by atoms with Gasteiger partial charge in [0.05, 0.1) is 17.4 Å². The Labute approximate surface area is 67.6 Å². The zero-order valence-corrected chi connectivity index (χ0v) is 6.03. The molecule has 0 aliphatic heterocycles. The van der Waals surface area contributed by atoms with Crippen molar-refractivity contribution in [1.82, 2.24) is 20.7 Å². The first-order valence-corrected chi connectivity index (χ1v) is 3.32. The fourth-order valence-corrected chi connectivity index (χ4v) is 0.954. The minimum atomic E-state index is -0.737. The Bertz CT molecular complexity index is 434. The molecule has 2 rings (SSSR count). The Morgan fingerprint density at radius 3 is 3.08 bits per heavy atom. The predicted molar refractivity (Wildman–Crippen MR) is 41.3 cm³/mol.